The molecule has 4 N–H and O–H groups in total. The lowest BCUT2D eigenvalue weighted by molar-refractivity contribution is 0.0992. The number of aromatic nitrogens is 5. The van der Waals surface area contributed by atoms with Gasteiger partial charge >= 0.3 is 0 Å². The third-order valence-corrected chi connectivity index (χ3v) is 6.60. The van der Waals surface area contributed by atoms with Crippen LogP contribution in [0, 0.1) is 0 Å². The van der Waals surface area contributed by atoms with Crippen molar-refractivity contribution < 1.29 is 14.6 Å². The third-order valence-electron chi connectivity index (χ3n) is 5.43. The lowest BCUT2D eigenvalue weighted by Crippen LogP contribution is -2.36. The van der Waals surface area contributed by atoms with E-state index in [9.17, 15) is 0 Å². The summed E-state index contributed by atoms with van der Waals surface area (Å²) in [5, 5.41) is 12.0. The number of rotatable bonds is 9. The van der Waals surface area contributed by atoms with E-state index in [1.54, 1.807) is 23.7 Å². The number of fused-ring (bicyclic) bond motifs is 1. The van der Waals surface area contributed by atoms with Crippen LogP contribution in [0.1, 0.15) is 0 Å². The summed E-state index contributed by atoms with van der Waals surface area (Å²) in [6, 6.07) is 6.04. The predicted octanol–water partition coefficient (Wildman–Crippen LogP) is 2.05. The topological polar surface area (TPSA) is 144 Å². The minimum absolute atomic E-state index is 0.0228. The van der Waals surface area contributed by atoms with Gasteiger partial charge in [0.05, 0.1) is 48.8 Å². The molecule has 0 amide bonds. The number of hydrogen-bond donors (Lipinski definition) is 3. The maximum atomic E-state index is 8.76. The predicted molar refractivity (Wildman–Crippen MR) is 136 cm³/mol. The molecule has 5 heterocycles. The summed E-state index contributed by atoms with van der Waals surface area (Å²) in [7, 11) is 0. The second kappa shape index (κ2) is 10.9. The Kier molecular flexibility index (Phi) is 7.23. The van der Waals surface area contributed by atoms with Crippen LogP contribution in [-0.2, 0) is 9.47 Å². The molecular weight excluding hydrogens is 468 g/mol. The molecule has 12 heteroatoms. The number of aliphatic hydroxyl groups is 1. The number of pyridine rings is 1. The van der Waals surface area contributed by atoms with Crippen LogP contribution in [0.25, 0.3) is 32.0 Å². The van der Waals surface area contributed by atoms with Crippen molar-refractivity contribution in [3.63, 3.8) is 0 Å². The Labute approximate surface area is 206 Å². The molecule has 11 nitrogen and oxygen atoms in total. The van der Waals surface area contributed by atoms with Crippen LogP contribution in [0.3, 0.4) is 0 Å². The molecule has 4 aromatic heterocycles. The first-order valence-electron chi connectivity index (χ1n) is 11.3. The van der Waals surface area contributed by atoms with E-state index < -0.39 is 0 Å². The van der Waals surface area contributed by atoms with Gasteiger partial charge in [0.1, 0.15) is 5.82 Å². The summed E-state index contributed by atoms with van der Waals surface area (Å²) in [5.74, 6) is 2.42. The van der Waals surface area contributed by atoms with Gasteiger partial charge < -0.3 is 30.5 Å². The molecule has 5 rings (SSSR count). The van der Waals surface area contributed by atoms with Crippen LogP contribution in [0.2, 0.25) is 0 Å². The number of aliphatic hydroxyl groups excluding tert-OH is 1. The van der Waals surface area contributed by atoms with Crippen molar-refractivity contribution in [3.8, 4) is 21.8 Å². The van der Waals surface area contributed by atoms with E-state index >= 15 is 0 Å². The highest BCUT2D eigenvalue weighted by molar-refractivity contribution is 7.22. The fourth-order valence-corrected chi connectivity index (χ4v) is 4.80. The average Bonchev–Trinajstić information content (AvgIpc) is 3.34. The van der Waals surface area contributed by atoms with Gasteiger partial charge in [0.2, 0.25) is 5.95 Å². The minimum Gasteiger partial charge on any atom is -0.394 e. The zero-order valence-electron chi connectivity index (χ0n) is 19.1. The van der Waals surface area contributed by atoms with Crippen molar-refractivity contribution in [2.24, 2.45) is 0 Å². The first-order valence-corrected chi connectivity index (χ1v) is 12.1. The summed E-state index contributed by atoms with van der Waals surface area (Å²) in [6.45, 7) is 4.33. The average molecular weight is 495 g/mol. The summed E-state index contributed by atoms with van der Waals surface area (Å²) in [5.41, 5.74) is 8.23. The minimum atomic E-state index is 0.0228. The van der Waals surface area contributed by atoms with E-state index in [-0.39, 0.29) is 12.6 Å². The quantitative estimate of drug-likeness (QED) is 0.294. The number of nitrogens with two attached hydrogens (primary N) is 1. The molecule has 4 aromatic rings. The maximum Gasteiger partial charge on any atom is 0.219 e. The van der Waals surface area contributed by atoms with Gasteiger partial charge in [0.25, 0.3) is 0 Å². The number of ether oxygens (including phenoxy) is 2. The Morgan fingerprint density at radius 1 is 1.06 bits per heavy atom. The lowest BCUT2D eigenvalue weighted by atomic mass is 10.2. The fourth-order valence-electron chi connectivity index (χ4n) is 3.69. The van der Waals surface area contributed by atoms with E-state index in [0.29, 0.717) is 44.4 Å². The lowest BCUT2D eigenvalue weighted by Gasteiger charge is -2.28. The van der Waals surface area contributed by atoms with Crippen molar-refractivity contribution in [1.29, 1.82) is 0 Å². The normalized spacial score (nSPS) is 13.9. The Bertz CT molecular complexity index is 1260. The molecule has 0 radical (unpaired) electrons. The van der Waals surface area contributed by atoms with Gasteiger partial charge in [-0.25, -0.2) is 24.9 Å². The van der Waals surface area contributed by atoms with Crippen LogP contribution in [0.15, 0.2) is 36.8 Å². The highest BCUT2D eigenvalue weighted by Crippen LogP contribution is 2.38. The number of thiophene rings is 1. The summed E-state index contributed by atoms with van der Waals surface area (Å²) >= 11 is 1.65. The Morgan fingerprint density at radius 2 is 1.86 bits per heavy atom. The monoisotopic (exact) mass is 494 g/mol. The molecule has 0 aromatic carbocycles. The maximum absolute atomic E-state index is 8.76. The van der Waals surface area contributed by atoms with E-state index in [4.69, 9.17) is 30.3 Å². The number of nitrogen functional groups attached to an aromatic ring is 1. The zero-order valence-corrected chi connectivity index (χ0v) is 19.9. The van der Waals surface area contributed by atoms with Crippen molar-refractivity contribution in [2.45, 2.75) is 0 Å². The van der Waals surface area contributed by atoms with Crippen LogP contribution >= 0.6 is 11.3 Å². The van der Waals surface area contributed by atoms with Crippen LogP contribution in [0.5, 0.6) is 0 Å². The molecule has 1 aliphatic heterocycles. The standard InChI is InChI=1S/C23H26N8O3S/c24-23-27-13-16(14-28-23)21-29-17-11-18(35-20(17)22(30-21)31-4-8-34-9-5-31)15-1-2-19(26-12-15)25-3-7-33-10-6-32/h1-2,11-14,32H,3-10H2,(H,25,26)(H2,24,27,28). The van der Waals surface area contributed by atoms with Crippen molar-refractivity contribution >= 4 is 39.1 Å². The molecule has 182 valence electrons. The number of morpholine rings is 1. The molecule has 1 aliphatic rings. The van der Waals surface area contributed by atoms with Gasteiger partial charge in [0.15, 0.2) is 11.6 Å². The second-order valence-corrected chi connectivity index (χ2v) is 8.87. The number of anilines is 3. The molecule has 1 saturated heterocycles. The molecule has 0 unspecified atom stereocenters. The Morgan fingerprint density at radius 3 is 2.60 bits per heavy atom. The molecule has 0 saturated carbocycles. The summed E-state index contributed by atoms with van der Waals surface area (Å²) < 4.78 is 11.8. The molecule has 0 atom stereocenters. The molecule has 0 spiro atoms. The van der Waals surface area contributed by atoms with E-state index in [0.717, 1.165) is 45.4 Å². The largest absolute Gasteiger partial charge is 0.394 e. The first-order chi connectivity index (χ1) is 17.2. The summed E-state index contributed by atoms with van der Waals surface area (Å²) in [6.07, 6.45) is 5.13. The molecule has 1 fully saturated rings. The number of nitrogens with zero attached hydrogens (tertiary/aromatic N) is 6. The molecule has 35 heavy (non-hydrogen) atoms. The van der Waals surface area contributed by atoms with Gasteiger partial charge in [-0.2, -0.15) is 0 Å². The zero-order chi connectivity index (χ0) is 24.0. The Balaban J connectivity index is 1.44. The van der Waals surface area contributed by atoms with Crippen molar-refractivity contribution in [2.75, 3.05) is 68.6 Å². The van der Waals surface area contributed by atoms with Gasteiger partial charge in [-0.3, -0.25) is 0 Å². The highest BCUT2D eigenvalue weighted by Gasteiger charge is 2.21. The molecule has 0 bridgehead atoms. The van der Waals surface area contributed by atoms with Crippen molar-refractivity contribution in [3.05, 3.63) is 36.8 Å². The fraction of sp³-hybridized carbons (Fsp3) is 0.348. The van der Waals surface area contributed by atoms with Gasteiger partial charge in [-0.15, -0.1) is 11.3 Å². The van der Waals surface area contributed by atoms with Gasteiger partial charge in [-0.1, -0.05) is 0 Å². The van der Waals surface area contributed by atoms with E-state index in [1.807, 2.05) is 18.3 Å². The van der Waals surface area contributed by atoms with Crippen LogP contribution in [0.4, 0.5) is 17.6 Å². The first kappa shape index (κ1) is 23.3. The highest BCUT2D eigenvalue weighted by atomic mass is 32.1. The van der Waals surface area contributed by atoms with Crippen LogP contribution in [-0.4, -0.2) is 82.7 Å². The van der Waals surface area contributed by atoms with Crippen LogP contribution < -0.4 is 16.0 Å². The third kappa shape index (κ3) is 5.46. The summed E-state index contributed by atoms with van der Waals surface area (Å²) in [4.78, 5) is 25.7. The smallest absolute Gasteiger partial charge is 0.219 e. The Hall–Kier alpha value is -3.45. The van der Waals surface area contributed by atoms with Crippen molar-refractivity contribution in [1.82, 2.24) is 24.9 Å². The van der Waals surface area contributed by atoms with E-state index in [2.05, 4.69) is 31.2 Å². The molecular formula is C23H26N8O3S. The van der Waals surface area contributed by atoms with Gasteiger partial charge in [0, 0.05) is 48.7 Å². The van der Waals surface area contributed by atoms with E-state index in [1.165, 1.54) is 0 Å². The SMILES string of the molecule is Nc1ncc(-c2nc(N3CCOCC3)c3sc(-c4ccc(NCCOCCO)nc4)cc3n2)cn1. The van der Waals surface area contributed by atoms with Gasteiger partial charge in [-0.05, 0) is 18.2 Å². The number of nitrogens with one attached hydrogen (secondary N) is 1. The molecule has 0 aliphatic carbocycles. The number of hydrogen-bond acceptors (Lipinski definition) is 12. The second-order valence-electron chi connectivity index (χ2n) is 7.82.